The molecule has 0 unspecified atom stereocenters. The number of hydrogen-bond donors (Lipinski definition) is 2. The Bertz CT molecular complexity index is 632. The number of nitro groups is 1. The van der Waals surface area contributed by atoms with E-state index in [1.54, 1.807) is 6.07 Å². The summed E-state index contributed by atoms with van der Waals surface area (Å²) in [7, 11) is 0. The van der Waals surface area contributed by atoms with Gasteiger partial charge < -0.3 is 15.2 Å². The number of ether oxygens (including phenoxy) is 1. The summed E-state index contributed by atoms with van der Waals surface area (Å²) in [5.74, 6) is 0.500. The van der Waals surface area contributed by atoms with Crippen LogP contribution in [0.1, 0.15) is 31.2 Å². The number of carboxylic acid groups (broad SMARTS) is 1. The van der Waals surface area contributed by atoms with Crippen LogP contribution in [-0.2, 0) is 0 Å². The van der Waals surface area contributed by atoms with Gasteiger partial charge in [0.25, 0.3) is 5.69 Å². The molecule has 0 spiro atoms. The first kappa shape index (κ1) is 16.5. The molecule has 0 heterocycles. The predicted molar refractivity (Wildman–Crippen MR) is 80.2 cm³/mol. The van der Waals surface area contributed by atoms with Gasteiger partial charge in [0.2, 0.25) is 0 Å². The summed E-state index contributed by atoms with van der Waals surface area (Å²) in [5.41, 5.74) is -0.323. The molecule has 1 saturated carbocycles. The van der Waals surface area contributed by atoms with Gasteiger partial charge in [0, 0.05) is 12.6 Å². The minimum absolute atomic E-state index is 0.0628. The molecule has 8 nitrogen and oxygen atoms in total. The SMILES string of the molecule is N#Cc1c(O[C@H]2CC[C@H](CNC(=O)O)CC2)cccc1[N+](=O)[O-]. The van der Waals surface area contributed by atoms with Gasteiger partial charge in [-0.15, -0.1) is 0 Å². The number of nitro benzene ring substituents is 1. The maximum atomic E-state index is 10.9. The summed E-state index contributed by atoms with van der Waals surface area (Å²) < 4.78 is 5.78. The molecule has 1 fully saturated rings. The van der Waals surface area contributed by atoms with E-state index in [1.807, 2.05) is 6.07 Å². The zero-order valence-electron chi connectivity index (χ0n) is 12.4. The van der Waals surface area contributed by atoms with E-state index in [1.165, 1.54) is 12.1 Å². The fourth-order valence-electron chi connectivity index (χ4n) is 2.75. The Balaban J connectivity index is 1.97. The van der Waals surface area contributed by atoms with E-state index in [-0.39, 0.29) is 29.0 Å². The molecule has 1 aromatic rings. The van der Waals surface area contributed by atoms with E-state index in [4.69, 9.17) is 15.1 Å². The molecular formula is C15H17N3O5. The number of amides is 1. The van der Waals surface area contributed by atoms with E-state index in [9.17, 15) is 14.9 Å². The Morgan fingerprint density at radius 3 is 2.70 bits per heavy atom. The van der Waals surface area contributed by atoms with Gasteiger partial charge in [-0.3, -0.25) is 10.1 Å². The van der Waals surface area contributed by atoms with Crippen molar-refractivity contribution in [3.8, 4) is 11.8 Å². The summed E-state index contributed by atoms with van der Waals surface area (Å²) in [4.78, 5) is 20.8. The lowest BCUT2D eigenvalue weighted by Crippen LogP contribution is -2.32. The second kappa shape index (κ2) is 7.45. The van der Waals surface area contributed by atoms with E-state index >= 15 is 0 Å². The second-order valence-corrected chi connectivity index (χ2v) is 5.47. The van der Waals surface area contributed by atoms with Crippen LogP contribution in [0.3, 0.4) is 0 Å². The van der Waals surface area contributed by atoms with Crippen LogP contribution in [0.25, 0.3) is 0 Å². The van der Waals surface area contributed by atoms with E-state index < -0.39 is 11.0 Å². The highest BCUT2D eigenvalue weighted by Gasteiger charge is 2.25. The minimum Gasteiger partial charge on any atom is -0.489 e. The molecule has 1 aliphatic carbocycles. The molecule has 2 rings (SSSR count). The van der Waals surface area contributed by atoms with Crippen molar-refractivity contribution in [1.29, 1.82) is 5.26 Å². The van der Waals surface area contributed by atoms with Crippen molar-refractivity contribution in [2.24, 2.45) is 5.92 Å². The van der Waals surface area contributed by atoms with Gasteiger partial charge in [-0.1, -0.05) is 6.07 Å². The molecule has 0 aliphatic heterocycles. The van der Waals surface area contributed by atoms with Crippen molar-refractivity contribution in [3.63, 3.8) is 0 Å². The van der Waals surface area contributed by atoms with Crippen molar-refractivity contribution in [2.45, 2.75) is 31.8 Å². The Morgan fingerprint density at radius 2 is 2.13 bits per heavy atom. The molecule has 8 heteroatoms. The van der Waals surface area contributed by atoms with Gasteiger partial charge in [0.15, 0.2) is 5.56 Å². The largest absolute Gasteiger partial charge is 0.489 e. The Labute approximate surface area is 132 Å². The van der Waals surface area contributed by atoms with Crippen LogP contribution in [0.4, 0.5) is 10.5 Å². The third-order valence-corrected chi connectivity index (χ3v) is 3.94. The minimum atomic E-state index is -1.03. The fourth-order valence-corrected chi connectivity index (χ4v) is 2.75. The molecule has 23 heavy (non-hydrogen) atoms. The quantitative estimate of drug-likeness (QED) is 0.634. The lowest BCUT2D eigenvalue weighted by atomic mass is 9.87. The van der Waals surface area contributed by atoms with Gasteiger partial charge >= 0.3 is 6.09 Å². The number of benzene rings is 1. The molecule has 1 amide bonds. The molecule has 0 radical (unpaired) electrons. The Morgan fingerprint density at radius 1 is 1.43 bits per heavy atom. The van der Waals surface area contributed by atoms with E-state index in [0.717, 1.165) is 25.7 Å². The Hall–Kier alpha value is -2.82. The smallest absolute Gasteiger partial charge is 0.404 e. The number of nitriles is 1. The fraction of sp³-hybridized carbons (Fsp3) is 0.467. The van der Waals surface area contributed by atoms with Crippen LogP contribution in [0.15, 0.2) is 18.2 Å². The average molecular weight is 319 g/mol. The van der Waals surface area contributed by atoms with E-state index in [2.05, 4.69) is 5.32 Å². The van der Waals surface area contributed by atoms with Gasteiger partial charge in [0.05, 0.1) is 11.0 Å². The molecule has 0 saturated heterocycles. The third-order valence-electron chi connectivity index (χ3n) is 3.94. The molecule has 0 bridgehead atoms. The molecule has 0 aromatic heterocycles. The summed E-state index contributed by atoms with van der Waals surface area (Å²) >= 11 is 0. The maximum absolute atomic E-state index is 10.9. The number of nitrogens with zero attached hydrogens (tertiary/aromatic N) is 2. The number of carbonyl (C=O) groups is 1. The third kappa shape index (κ3) is 4.32. The first-order chi connectivity index (χ1) is 11.0. The van der Waals surface area contributed by atoms with Crippen LogP contribution in [0, 0.1) is 27.4 Å². The lowest BCUT2D eigenvalue weighted by Gasteiger charge is -2.29. The van der Waals surface area contributed by atoms with Crippen molar-refractivity contribution < 1.29 is 19.6 Å². The highest BCUT2D eigenvalue weighted by Crippen LogP contribution is 2.32. The van der Waals surface area contributed by atoms with Crippen molar-refractivity contribution in [1.82, 2.24) is 5.32 Å². The Kier molecular flexibility index (Phi) is 5.36. The van der Waals surface area contributed by atoms with Gasteiger partial charge in [0.1, 0.15) is 11.8 Å². The summed E-state index contributed by atoms with van der Waals surface area (Å²) in [6.07, 6.45) is 1.91. The van der Waals surface area contributed by atoms with Crippen LogP contribution in [0.5, 0.6) is 5.75 Å². The summed E-state index contributed by atoms with van der Waals surface area (Å²) in [6, 6.07) is 6.17. The first-order valence-corrected chi connectivity index (χ1v) is 7.32. The average Bonchev–Trinajstić information content (AvgIpc) is 2.53. The predicted octanol–water partition coefficient (Wildman–Crippen LogP) is 2.67. The molecule has 2 N–H and O–H groups in total. The molecule has 1 aliphatic rings. The van der Waals surface area contributed by atoms with Crippen molar-refractivity contribution >= 4 is 11.8 Å². The van der Waals surface area contributed by atoms with Crippen LogP contribution >= 0.6 is 0 Å². The normalized spacial score (nSPS) is 20.3. The monoisotopic (exact) mass is 319 g/mol. The topological polar surface area (TPSA) is 125 Å². The van der Waals surface area contributed by atoms with Gasteiger partial charge in [-0.25, -0.2) is 4.79 Å². The standard InChI is InChI=1S/C15H17N3O5/c16-8-12-13(18(21)22)2-1-3-14(12)23-11-6-4-10(5-7-11)9-17-15(19)20/h1-3,10-11,17H,4-7,9H2,(H,19,20)/t10-,11-. The van der Waals surface area contributed by atoms with Gasteiger partial charge in [-0.2, -0.15) is 5.26 Å². The molecule has 122 valence electrons. The van der Waals surface area contributed by atoms with Crippen LogP contribution in [0.2, 0.25) is 0 Å². The summed E-state index contributed by atoms with van der Waals surface area (Å²) in [6.45, 7) is 0.419. The number of nitrogens with one attached hydrogen (secondary N) is 1. The van der Waals surface area contributed by atoms with Crippen molar-refractivity contribution in [2.75, 3.05) is 6.54 Å². The van der Waals surface area contributed by atoms with Crippen LogP contribution in [-0.4, -0.2) is 28.8 Å². The number of hydrogen-bond acceptors (Lipinski definition) is 5. The van der Waals surface area contributed by atoms with Gasteiger partial charge in [-0.05, 0) is 37.7 Å². The zero-order valence-corrected chi connectivity index (χ0v) is 12.4. The first-order valence-electron chi connectivity index (χ1n) is 7.32. The second-order valence-electron chi connectivity index (χ2n) is 5.47. The maximum Gasteiger partial charge on any atom is 0.404 e. The molecule has 1 aromatic carbocycles. The zero-order chi connectivity index (χ0) is 16.8. The van der Waals surface area contributed by atoms with Crippen molar-refractivity contribution in [3.05, 3.63) is 33.9 Å². The number of rotatable bonds is 5. The molecule has 0 atom stereocenters. The highest BCUT2D eigenvalue weighted by molar-refractivity contribution is 5.64. The summed E-state index contributed by atoms with van der Waals surface area (Å²) in [5, 5.41) is 31.1. The van der Waals surface area contributed by atoms with E-state index in [0.29, 0.717) is 6.54 Å². The highest BCUT2D eigenvalue weighted by atomic mass is 16.6. The molecular weight excluding hydrogens is 302 g/mol. The lowest BCUT2D eigenvalue weighted by molar-refractivity contribution is -0.385. The van der Waals surface area contributed by atoms with Crippen LogP contribution < -0.4 is 10.1 Å².